The van der Waals surface area contributed by atoms with E-state index < -0.39 is 20.2 Å². The molecule has 0 fully saturated rings. The number of rotatable bonds is 11. The number of hydrogen-bond acceptors (Lipinski definition) is 8. The summed E-state index contributed by atoms with van der Waals surface area (Å²) in [7, 11) is -5.71. The molecule has 0 saturated carbocycles. The Morgan fingerprint density at radius 2 is 1.50 bits per heavy atom. The SMILES string of the molecule is CCS(=O)(=O)Oc1ccc(CS/C=C/c2ccc(OS(=O)(=O)CC)c(OC)c2)cc1. The summed E-state index contributed by atoms with van der Waals surface area (Å²) in [6, 6.07) is 11.9. The molecule has 0 N–H and O–H groups in total. The maximum atomic E-state index is 11.6. The summed E-state index contributed by atoms with van der Waals surface area (Å²) in [6.07, 6.45) is 1.87. The molecule has 30 heavy (non-hydrogen) atoms. The van der Waals surface area contributed by atoms with E-state index in [0.717, 1.165) is 11.1 Å². The van der Waals surface area contributed by atoms with E-state index in [1.54, 1.807) is 42.1 Å². The Morgan fingerprint density at radius 3 is 2.10 bits per heavy atom. The number of benzene rings is 2. The van der Waals surface area contributed by atoms with Gasteiger partial charge < -0.3 is 13.1 Å². The van der Waals surface area contributed by atoms with Crippen molar-refractivity contribution in [1.82, 2.24) is 0 Å². The second-order valence-corrected chi connectivity index (χ2v) is 10.6. The smallest absolute Gasteiger partial charge is 0.309 e. The fourth-order valence-electron chi connectivity index (χ4n) is 2.17. The zero-order valence-corrected chi connectivity index (χ0v) is 19.3. The van der Waals surface area contributed by atoms with E-state index in [2.05, 4.69) is 0 Å². The highest BCUT2D eigenvalue weighted by atomic mass is 32.2. The molecule has 0 saturated heterocycles. The van der Waals surface area contributed by atoms with Gasteiger partial charge in [0.05, 0.1) is 18.6 Å². The summed E-state index contributed by atoms with van der Waals surface area (Å²) < 4.78 is 61.4. The van der Waals surface area contributed by atoms with Crippen molar-refractivity contribution in [2.24, 2.45) is 0 Å². The van der Waals surface area contributed by atoms with E-state index in [-0.39, 0.29) is 17.3 Å². The van der Waals surface area contributed by atoms with E-state index >= 15 is 0 Å². The molecule has 0 amide bonds. The van der Waals surface area contributed by atoms with Crippen molar-refractivity contribution in [2.75, 3.05) is 18.6 Å². The summed E-state index contributed by atoms with van der Waals surface area (Å²) in [4.78, 5) is 0. The largest absolute Gasteiger partial charge is 0.493 e. The molecular weight excluding hydrogens is 448 g/mol. The molecule has 0 heterocycles. The van der Waals surface area contributed by atoms with Gasteiger partial charge in [-0.3, -0.25) is 0 Å². The summed E-state index contributed by atoms with van der Waals surface area (Å²) in [5.41, 5.74) is 1.84. The van der Waals surface area contributed by atoms with Gasteiger partial charge in [-0.1, -0.05) is 18.2 Å². The number of hydrogen-bond donors (Lipinski definition) is 0. The molecular formula is C20H24O7S3. The zero-order chi connectivity index (χ0) is 22.2. The Bertz CT molecular complexity index is 1070. The molecule has 7 nitrogen and oxygen atoms in total. The monoisotopic (exact) mass is 472 g/mol. The van der Waals surface area contributed by atoms with Crippen molar-refractivity contribution in [3.05, 3.63) is 59.0 Å². The molecule has 0 aliphatic heterocycles. The minimum absolute atomic E-state index is 0.0816. The predicted molar refractivity (Wildman–Crippen MR) is 120 cm³/mol. The van der Waals surface area contributed by atoms with E-state index in [1.807, 2.05) is 23.6 Å². The van der Waals surface area contributed by atoms with Crippen molar-refractivity contribution in [1.29, 1.82) is 0 Å². The standard InChI is InChI=1S/C20H24O7S3/c1-4-29(21,22)26-18-9-6-17(7-10-18)15-28-13-12-16-8-11-19(20(14-16)25-3)27-30(23,24)5-2/h6-14H,4-5,15H2,1-3H3/b13-12+. The second-order valence-electron chi connectivity index (χ2n) is 6.03. The molecule has 0 unspecified atom stereocenters. The van der Waals surface area contributed by atoms with Crippen LogP contribution in [0.4, 0.5) is 0 Å². The summed E-state index contributed by atoms with van der Waals surface area (Å²) in [6.45, 7) is 3.03. The summed E-state index contributed by atoms with van der Waals surface area (Å²) >= 11 is 1.55. The van der Waals surface area contributed by atoms with Crippen LogP contribution < -0.4 is 13.1 Å². The molecule has 0 aliphatic rings. The lowest BCUT2D eigenvalue weighted by atomic mass is 10.2. The van der Waals surface area contributed by atoms with Crippen LogP contribution in [0.3, 0.4) is 0 Å². The van der Waals surface area contributed by atoms with Crippen LogP contribution in [0.2, 0.25) is 0 Å². The average Bonchev–Trinajstić information content (AvgIpc) is 2.73. The van der Waals surface area contributed by atoms with Crippen LogP contribution in [0.25, 0.3) is 6.08 Å². The van der Waals surface area contributed by atoms with Crippen LogP contribution in [0.1, 0.15) is 25.0 Å². The maximum Gasteiger partial charge on any atom is 0.309 e. The molecule has 0 aromatic heterocycles. The maximum absolute atomic E-state index is 11.6. The van der Waals surface area contributed by atoms with Gasteiger partial charge in [-0.25, -0.2) is 0 Å². The van der Waals surface area contributed by atoms with Crippen LogP contribution in [-0.4, -0.2) is 35.5 Å². The molecule has 0 aliphatic carbocycles. The van der Waals surface area contributed by atoms with Gasteiger partial charge in [0.25, 0.3) is 0 Å². The highest BCUT2D eigenvalue weighted by Gasteiger charge is 2.14. The first-order valence-corrected chi connectivity index (χ1v) is 13.3. The summed E-state index contributed by atoms with van der Waals surface area (Å²) in [5.74, 6) is 1.25. The minimum atomic E-state index is -3.63. The third-order valence-electron chi connectivity index (χ3n) is 3.86. The highest BCUT2D eigenvalue weighted by molar-refractivity contribution is 8.01. The first-order chi connectivity index (χ1) is 14.2. The lowest BCUT2D eigenvalue weighted by molar-refractivity contribution is 0.390. The van der Waals surface area contributed by atoms with Crippen molar-refractivity contribution >= 4 is 38.1 Å². The first-order valence-electron chi connectivity index (χ1n) is 9.07. The van der Waals surface area contributed by atoms with E-state index in [0.29, 0.717) is 17.3 Å². The lowest BCUT2D eigenvalue weighted by Crippen LogP contribution is -2.12. The van der Waals surface area contributed by atoms with Gasteiger partial charge in [0.2, 0.25) is 0 Å². The van der Waals surface area contributed by atoms with Gasteiger partial charge in [-0.05, 0) is 60.7 Å². The molecule has 0 spiro atoms. The molecule has 10 heteroatoms. The average molecular weight is 473 g/mol. The van der Waals surface area contributed by atoms with Crippen molar-refractivity contribution in [3.8, 4) is 17.2 Å². The van der Waals surface area contributed by atoms with Crippen LogP contribution in [-0.2, 0) is 26.0 Å². The van der Waals surface area contributed by atoms with Crippen LogP contribution in [0, 0.1) is 0 Å². The van der Waals surface area contributed by atoms with E-state index in [4.69, 9.17) is 13.1 Å². The van der Waals surface area contributed by atoms with E-state index in [9.17, 15) is 16.8 Å². The van der Waals surface area contributed by atoms with Gasteiger partial charge in [-0.2, -0.15) is 16.8 Å². The van der Waals surface area contributed by atoms with Gasteiger partial charge in [0, 0.05) is 5.75 Å². The second kappa shape index (κ2) is 10.7. The Labute approximate surface area is 182 Å². The Morgan fingerprint density at radius 1 is 0.867 bits per heavy atom. The number of methoxy groups -OCH3 is 1. The van der Waals surface area contributed by atoms with Gasteiger partial charge in [0.15, 0.2) is 11.5 Å². The number of ether oxygens (including phenoxy) is 1. The highest BCUT2D eigenvalue weighted by Crippen LogP contribution is 2.30. The zero-order valence-electron chi connectivity index (χ0n) is 16.9. The Hall–Kier alpha value is -2.17. The molecule has 0 radical (unpaired) electrons. The fraction of sp³-hybridized carbons (Fsp3) is 0.300. The fourth-order valence-corrected chi connectivity index (χ4v) is 3.96. The molecule has 164 valence electrons. The van der Waals surface area contributed by atoms with Gasteiger partial charge in [-0.15, -0.1) is 11.8 Å². The van der Waals surface area contributed by atoms with Crippen molar-refractivity contribution in [2.45, 2.75) is 19.6 Å². The molecule has 0 bridgehead atoms. The Balaban J connectivity index is 1.95. The van der Waals surface area contributed by atoms with E-state index in [1.165, 1.54) is 21.0 Å². The van der Waals surface area contributed by atoms with Gasteiger partial charge >= 0.3 is 20.2 Å². The predicted octanol–water partition coefficient (Wildman–Crippen LogP) is 4.06. The Kier molecular flexibility index (Phi) is 8.63. The van der Waals surface area contributed by atoms with Crippen LogP contribution >= 0.6 is 11.8 Å². The third kappa shape index (κ3) is 7.58. The summed E-state index contributed by atoms with van der Waals surface area (Å²) in [5, 5.41) is 1.91. The van der Waals surface area contributed by atoms with Crippen molar-refractivity contribution < 1.29 is 29.9 Å². The number of thioether (sulfide) groups is 1. The van der Waals surface area contributed by atoms with Gasteiger partial charge in [0.1, 0.15) is 5.75 Å². The van der Waals surface area contributed by atoms with Crippen molar-refractivity contribution in [3.63, 3.8) is 0 Å². The quantitative estimate of drug-likeness (QED) is 0.452. The first kappa shape index (κ1) is 24.1. The molecule has 2 aromatic carbocycles. The topological polar surface area (TPSA) is 96.0 Å². The minimum Gasteiger partial charge on any atom is -0.493 e. The molecule has 2 aromatic rings. The normalized spacial score (nSPS) is 12.1. The molecule has 0 atom stereocenters. The van der Waals surface area contributed by atoms with Crippen LogP contribution in [0.5, 0.6) is 17.2 Å². The van der Waals surface area contributed by atoms with Crippen LogP contribution in [0.15, 0.2) is 47.9 Å². The lowest BCUT2D eigenvalue weighted by Gasteiger charge is -2.10. The third-order valence-corrected chi connectivity index (χ3v) is 6.99. The molecule has 2 rings (SSSR count).